The average molecular weight is 383 g/mol. The van der Waals surface area contributed by atoms with Crippen LogP contribution in [0.25, 0.3) is 16.7 Å². The van der Waals surface area contributed by atoms with Gasteiger partial charge in [-0.1, -0.05) is 6.07 Å². The van der Waals surface area contributed by atoms with Crippen LogP contribution in [-0.4, -0.2) is 39.1 Å². The molecule has 0 aromatic carbocycles. The zero-order valence-electron chi connectivity index (χ0n) is 16.4. The zero-order valence-corrected chi connectivity index (χ0v) is 16.4. The van der Waals surface area contributed by atoms with Crippen LogP contribution < -0.4 is 16.4 Å². The molecule has 1 amide bonds. The summed E-state index contributed by atoms with van der Waals surface area (Å²) in [6, 6.07) is 6.70. The van der Waals surface area contributed by atoms with Crippen LogP contribution in [0.5, 0.6) is 0 Å². The van der Waals surface area contributed by atoms with Crippen LogP contribution >= 0.6 is 0 Å². The topological polar surface area (TPSA) is 101 Å². The third-order valence-corrected chi connectivity index (χ3v) is 4.36. The number of pyridine rings is 2. The van der Waals surface area contributed by atoms with Crippen molar-refractivity contribution in [1.82, 2.24) is 19.3 Å². The van der Waals surface area contributed by atoms with Crippen LogP contribution in [0, 0.1) is 5.41 Å². The van der Waals surface area contributed by atoms with Crippen LogP contribution in [0.3, 0.4) is 0 Å². The number of aryl methyl sites for hydroxylation is 1. The maximum Gasteiger partial charge on any atom is 0.267 e. The second-order valence-electron chi connectivity index (χ2n) is 6.82. The first-order valence-electron chi connectivity index (χ1n) is 9.42. The van der Waals surface area contributed by atoms with E-state index in [4.69, 9.17) is 10.1 Å². The highest BCUT2D eigenvalue weighted by atomic mass is 16.5. The van der Waals surface area contributed by atoms with Gasteiger partial charge in [0.15, 0.2) is 0 Å². The third-order valence-electron chi connectivity index (χ3n) is 4.36. The molecule has 0 aliphatic carbocycles. The number of rotatable bonds is 7. The van der Waals surface area contributed by atoms with Gasteiger partial charge < -0.3 is 14.6 Å². The fraction of sp³-hybridized carbons (Fsp3) is 0.400. The molecule has 148 valence electrons. The van der Waals surface area contributed by atoms with Crippen molar-refractivity contribution in [2.75, 3.05) is 13.2 Å². The molecule has 3 rings (SSSR count). The molecule has 0 spiro atoms. The van der Waals surface area contributed by atoms with Crippen molar-refractivity contribution < 1.29 is 9.53 Å². The van der Waals surface area contributed by atoms with Gasteiger partial charge in [0.05, 0.1) is 10.9 Å². The highest BCUT2D eigenvalue weighted by Crippen LogP contribution is 2.11. The normalized spacial score (nSPS) is 11.4. The Morgan fingerprint density at radius 2 is 2.14 bits per heavy atom. The molecular formula is C20H25N5O3. The average Bonchev–Trinajstić information content (AvgIpc) is 2.66. The van der Waals surface area contributed by atoms with Crippen molar-refractivity contribution in [1.29, 1.82) is 5.41 Å². The maximum atomic E-state index is 13.0. The molecule has 0 aliphatic heterocycles. The van der Waals surface area contributed by atoms with Crippen LogP contribution in [0.4, 0.5) is 0 Å². The minimum absolute atomic E-state index is 0.0364. The second-order valence-corrected chi connectivity index (χ2v) is 6.82. The Balaban J connectivity index is 2.25. The quantitative estimate of drug-likeness (QED) is 0.479. The molecule has 8 heteroatoms. The fourth-order valence-electron chi connectivity index (χ4n) is 3.09. The lowest BCUT2D eigenvalue weighted by molar-refractivity contribution is 0.0940. The number of amides is 1. The number of aromatic nitrogens is 3. The molecule has 3 aromatic heterocycles. The fourth-order valence-corrected chi connectivity index (χ4v) is 3.09. The number of nitrogens with zero attached hydrogens (tertiary/aromatic N) is 3. The predicted molar refractivity (Wildman–Crippen MR) is 107 cm³/mol. The van der Waals surface area contributed by atoms with E-state index in [0.29, 0.717) is 42.9 Å². The summed E-state index contributed by atoms with van der Waals surface area (Å²) in [6.45, 7) is 7.18. The zero-order chi connectivity index (χ0) is 20.3. The largest absolute Gasteiger partial charge is 0.382 e. The third kappa shape index (κ3) is 3.82. The van der Waals surface area contributed by atoms with Crippen LogP contribution in [-0.2, 0) is 11.3 Å². The van der Waals surface area contributed by atoms with E-state index in [1.165, 1.54) is 10.5 Å². The summed E-state index contributed by atoms with van der Waals surface area (Å²) in [6.07, 6.45) is 2.29. The van der Waals surface area contributed by atoms with E-state index in [2.05, 4.69) is 10.3 Å². The smallest absolute Gasteiger partial charge is 0.267 e. The van der Waals surface area contributed by atoms with Gasteiger partial charge in [0.2, 0.25) is 0 Å². The van der Waals surface area contributed by atoms with Crippen molar-refractivity contribution in [2.45, 2.75) is 39.8 Å². The minimum Gasteiger partial charge on any atom is -0.382 e. The lowest BCUT2D eigenvalue weighted by Crippen LogP contribution is -2.37. The van der Waals surface area contributed by atoms with E-state index in [1.807, 2.05) is 20.8 Å². The molecule has 8 nitrogen and oxygen atoms in total. The molecule has 3 aromatic rings. The summed E-state index contributed by atoms with van der Waals surface area (Å²) >= 11 is 0. The number of nitrogens with one attached hydrogen (secondary N) is 2. The Bertz CT molecular complexity index is 1130. The monoisotopic (exact) mass is 383 g/mol. The van der Waals surface area contributed by atoms with Crippen molar-refractivity contribution in [3.63, 3.8) is 0 Å². The highest BCUT2D eigenvalue weighted by Gasteiger charge is 2.17. The molecule has 0 atom stereocenters. The lowest BCUT2D eigenvalue weighted by atomic mass is 10.2. The number of hydrogen-bond donors (Lipinski definition) is 2. The van der Waals surface area contributed by atoms with E-state index >= 15 is 0 Å². The van der Waals surface area contributed by atoms with Gasteiger partial charge in [0, 0.05) is 32.0 Å². The minimum atomic E-state index is -0.377. The van der Waals surface area contributed by atoms with E-state index in [-0.39, 0.29) is 28.6 Å². The van der Waals surface area contributed by atoms with E-state index in [1.54, 1.807) is 29.0 Å². The Labute approximate surface area is 162 Å². The highest BCUT2D eigenvalue weighted by molar-refractivity contribution is 5.96. The van der Waals surface area contributed by atoms with Crippen LogP contribution in [0.2, 0.25) is 0 Å². The SMILES string of the molecule is CCOCCCn1c(=N)c(C(=O)NC(C)C)cc2c(=O)n3ccccc3nc21. The number of carbonyl (C=O) groups excluding carboxylic acids is 1. The van der Waals surface area contributed by atoms with Gasteiger partial charge in [-0.2, -0.15) is 0 Å². The van der Waals surface area contributed by atoms with Crippen molar-refractivity contribution in [3.8, 4) is 0 Å². The van der Waals surface area contributed by atoms with Gasteiger partial charge in [-0.25, -0.2) is 4.98 Å². The number of carbonyl (C=O) groups is 1. The molecule has 2 N–H and O–H groups in total. The number of ether oxygens (including phenoxy) is 1. The van der Waals surface area contributed by atoms with Gasteiger partial charge in [-0.05, 0) is 45.4 Å². The van der Waals surface area contributed by atoms with Crippen molar-refractivity contribution in [3.05, 3.63) is 51.9 Å². The van der Waals surface area contributed by atoms with Crippen molar-refractivity contribution in [2.24, 2.45) is 0 Å². The first kappa shape index (κ1) is 19.8. The molecule has 0 unspecified atom stereocenters. The molecule has 0 aliphatic rings. The molecule has 28 heavy (non-hydrogen) atoms. The van der Waals surface area contributed by atoms with Gasteiger partial charge in [-0.3, -0.25) is 19.4 Å². The van der Waals surface area contributed by atoms with Gasteiger partial charge in [-0.15, -0.1) is 0 Å². The number of fused-ring (bicyclic) bond motifs is 2. The Hall–Kier alpha value is -3.00. The lowest BCUT2D eigenvalue weighted by Gasteiger charge is -2.15. The van der Waals surface area contributed by atoms with Crippen molar-refractivity contribution >= 4 is 22.6 Å². The summed E-state index contributed by atoms with van der Waals surface area (Å²) in [5.41, 5.74) is 0.829. The maximum absolute atomic E-state index is 13.0. The number of hydrogen-bond acceptors (Lipinski definition) is 5. The van der Waals surface area contributed by atoms with Gasteiger partial charge in [0.1, 0.15) is 16.8 Å². The van der Waals surface area contributed by atoms with E-state index in [9.17, 15) is 9.59 Å². The molecule has 0 saturated carbocycles. The van der Waals surface area contributed by atoms with E-state index < -0.39 is 0 Å². The Morgan fingerprint density at radius 1 is 1.36 bits per heavy atom. The molecule has 3 heterocycles. The first-order valence-corrected chi connectivity index (χ1v) is 9.42. The van der Waals surface area contributed by atoms with E-state index in [0.717, 1.165) is 0 Å². The Kier molecular flexibility index (Phi) is 5.89. The summed E-state index contributed by atoms with van der Waals surface area (Å²) in [7, 11) is 0. The molecular weight excluding hydrogens is 358 g/mol. The van der Waals surface area contributed by atoms with Gasteiger partial charge in [0.25, 0.3) is 11.5 Å². The van der Waals surface area contributed by atoms with Crippen LogP contribution in [0.15, 0.2) is 35.3 Å². The molecule has 0 saturated heterocycles. The molecule has 0 fully saturated rings. The molecule has 0 bridgehead atoms. The van der Waals surface area contributed by atoms with Gasteiger partial charge >= 0.3 is 0 Å². The first-order chi connectivity index (χ1) is 13.4. The summed E-state index contributed by atoms with van der Waals surface area (Å²) in [4.78, 5) is 30.2. The summed E-state index contributed by atoms with van der Waals surface area (Å²) in [5, 5.41) is 11.7. The standard InChI is InChI=1S/C20H25N5O3/c1-4-28-11-7-10-25-17(21)14(19(26)22-13(2)3)12-15-18(25)23-16-8-5-6-9-24(16)20(15)27/h5-6,8-9,12-13,21H,4,7,10-11H2,1-3H3,(H,22,26). The summed E-state index contributed by atoms with van der Waals surface area (Å²) < 4.78 is 8.46. The molecule has 0 radical (unpaired) electrons. The Morgan fingerprint density at radius 3 is 2.86 bits per heavy atom. The summed E-state index contributed by atoms with van der Waals surface area (Å²) in [5.74, 6) is -0.377. The second kappa shape index (κ2) is 8.35. The predicted octanol–water partition coefficient (Wildman–Crippen LogP) is 1.69. The van der Waals surface area contributed by atoms with Crippen LogP contribution in [0.1, 0.15) is 37.6 Å².